The summed E-state index contributed by atoms with van der Waals surface area (Å²) in [5, 5.41) is 9.35. The fourth-order valence-electron chi connectivity index (χ4n) is 4.68. The van der Waals surface area contributed by atoms with E-state index >= 15 is 0 Å². The largest absolute Gasteiger partial charge is 0.508 e. The average Bonchev–Trinajstić information content (AvgIpc) is 2.82. The average molecular weight is 477 g/mol. The van der Waals surface area contributed by atoms with Gasteiger partial charge in [-0.2, -0.15) is 0 Å². The van der Waals surface area contributed by atoms with Gasteiger partial charge in [0, 0.05) is 31.2 Å². The zero-order valence-corrected chi connectivity index (χ0v) is 20.1. The lowest BCUT2D eigenvalue weighted by Gasteiger charge is -2.41. The van der Waals surface area contributed by atoms with Crippen LogP contribution in [0.25, 0.3) is 0 Å². The number of halogens is 1. The predicted molar refractivity (Wildman–Crippen MR) is 129 cm³/mol. The molecule has 1 fully saturated rings. The summed E-state index contributed by atoms with van der Waals surface area (Å²) in [6, 6.07) is 10.8. The Morgan fingerprint density at radius 3 is 2.52 bits per heavy atom. The van der Waals surface area contributed by atoms with Crippen LogP contribution >= 0.6 is 12.4 Å². The minimum absolute atomic E-state index is 0. The van der Waals surface area contributed by atoms with Crippen LogP contribution in [-0.4, -0.2) is 73.9 Å². The Balaban J connectivity index is 0.00000306. The van der Waals surface area contributed by atoms with Gasteiger partial charge in [0.05, 0.1) is 20.8 Å². The number of hydrogen-bond acceptors (Lipinski definition) is 6. The first-order valence-electron chi connectivity index (χ1n) is 11.3. The molecule has 1 amide bonds. The van der Waals surface area contributed by atoms with Crippen LogP contribution in [0.1, 0.15) is 35.2 Å². The monoisotopic (exact) mass is 476 g/mol. The SMILES string of the molecule is COc1cc2c(cc1OC)C(=O)N(C1CCCN(CCCOc3ccc(O)cc3)C1)CC2.Cl. The highest BCUT2D eigenvalue weighted by molar-refractivity contribution is 5.97. The molecule has 33 heavy (non-hydrogen) atoms. The molecular formula is C25H33ClN2O5. The van der Waals surface area contributed by atoms with E-state index in [0.29, 0.717) is 18.1 Å². The molecule has 2 aromatic carbocycles. The number of carbonyl (C=O) groups excluding carboxylic acids is 1. The topological polar surface area (TPSA) is 71.5 Å². The first-order chi connectivity index (χ1) is 15.6. The van der Waals surface area contributed by atoms with Crippen molar-refractivity contribution in [1.29, 1.82) is 0 Å². The van der Waals surface area contributed by atoms with Gasteiger partial charge in [0.25, 0.3) is 5.91 Å². The summed E-state index contributed by atoms with van der Waals surface area (Å²) in [5.74, 6) is 2.37. The molecule has 0 radical (unpaired) electrons. The normalized spacial score (nSPS) is 18.3. The summed E-state index contributed by atoms with van der Waals surface area (Å²) >= 11 is 0. The van der Waals surface area contributed by atoms with Crippen LogP contribution in [0.4, 0.5) is 0 Å². The van der Waals surface area contributed by atoms with E-state index in [1.807, 2.05) is 17.0 Å². The third-order valence-electron chi connectivity index (χ3n) is 6.37. The summed E-state index contributed by atoms with van der Waals surface area (Å²) in [5.41, 5.74) is 1.76. The van der Waals surface area contributed by atoms with Crippen molar-refractivity contribution in [2.24, 2.45) is 0 Å². The van der Waals surface area contributed by atoms with Crippen molar-refractivity contribution in [3.8, 4) is 23.0 Å². The zero-order valence-electron chi connectivity index (χ0n) is 19.3. The number of hydrogen-bond donors (Lipinski definition) is 1. The molecule has 0 spiro atoms. The number of methoxy groups -OCH3 is 2. The quantitative estimate of drug-likeness (QED) is 0.585. The number of benzene rings is 2. The number of aromatic hydroxyl groups is 1. The van der Waals surface area contributed by atoms with Crippen molar-refractivity contribution in [2.75, 3.05) is 47.0 Å². The van der Waals surface area contributed by atoms with Gasteiger partial charge >= 0.3 is 0 Å². The molecule has 2 aliphatic rings. The van der Waals surface area contributed by atoms with Gasteiger partial charge in [-0.25, -0.2) is 0 Å². The Morgan fingerprint density at radius 2 is 1.79 bits per heavy atom. The summed E-state index contributed by atoms with van der Waals surface area (Å²) in [7, 11) is 3.22. The van der Waals surface area contributed by atoms with E-state index in [-0.39, 0.29) is 30.1 Å². The molecule has 0 aliphatic carbocycles. The Hall–Kier alpha value is -2.64. The molecule has 7 nitrogen and oxygen atoms in total. The second-order valence-electron chi connectivity index (χ2n) is 8.41. The predicted octanol–water partition coefficient (Wildman–Crippen LogP) is 3.76. The van der Waals surface area contributed by atoms with Gasteiger partial charge in [0.15, 0.2) is 11.5 Å². The van der Waals surface area contributed by atoms with Crippen LogP contribution < -0.4 is 14.2 Å². The van der Waals surface area contributed by atoms with Crippen molar-refractivity contribution in [3.63, 3.8) is 0 Å². The van der Waals surface area contributed by atoms with Gasteiger partial charge in [-0.15, -0.1) is 12.4 Å². The first kappa shape index (κ1) is 25.0. The van der Waals surface area contributed by atoms with Gasteiger partial charge < -0.3 is 29.1 Å². The molecule has 1 atom stereocenters. The lowest BCUT2D eigenvalue weighted by Crippen LogP contribution is -2.52. The Kier molecular flexibility index (Phi) is 8.69. The Morgan fingerprint density at radius 1 is 1.06 bits per heavy atom. The maximum Gasteiger partial charge on any atom is 0.254 e. The second kappa shape index (κ2) is 11.5. The lowest BCUT2D eigenvalue weighted by molar-refractivity contribution is 0.0517. The van der Waals surface area contributed by atoms with Crippen molar-refractivity contribution in [1.82, 2.24) is 9.80 Å². The maximum absolute atomic E-state index is 13.3. The Labute approximate surface area is 201 Å². The maximum atomic E-state index is 13.3. The minimum atomic E-state index is 0. The summed E-state index contributed by atoms with van der Waals surface area (Å²) in [6.07, 6.45) is 3.88. The molecule has 0 saturated carbocycles. The zero-order chi connectivity index (χ0) is 22.5. The molecule has 1 N–H and O–H groups in total. The third-order valence-corrected chi connectivity index (χ3v) is 6.37. The highest BCUT2D eigenvalue weighted by Gasteiger charge is 2.33. The number of amides is 1. The highest BCUT2D eigenvalue weighted by Crippen LogP contribution is 2.34. The lowest BCUT2D eigenvalue weighted by atomic mass is 9.94. The molecule has 2 aliphatic heterocycles. The van der Waals surface area contributed by atoms with Crippen molar-refractivity contribution in [3.05, 3.63) is 47.5 Å². The third kappa shape index (κ3) is 5.84. The van der Waals surface area contributed by atoms with Crippen molar-refractivity contribution >= 4 is 18.3 Å². The summed E-state index contributed by atoms with van der Waals surface area (Å²) < 4.78 is 16.6. The van der Waals surface area contributed by atoms with Gasteiger partial charge in [-0.3, -0.25) is 4.79 Å². The number of piperidine rings is 1. The van der Waals surface area contributed by atoms with E-state index in [4.69, 9.17) is 14.2 Å². The molecule has 2 aromatic rings. The number of likely N-dealkylation sites (tertiary alicyclic amines) is 1. The van der Waals surface area contributed by atoms with Gasteiger partial charge in [0.2, 0.25) is 0 Å². The van der Waals surface area contributed by atoms with Crippen molar-refractivity contribution < 1.29 is 24.1 Å². The number of rotatable bonds is 8. The molecule has 4 rings (SSSR count). The van der Waals surface area contributed by atoms with E-state index < -0.39 is 0 Å². The molecule has 0 bridgehead atoms. The summed E-state index contributed by atoms with van der Waals surface area (Å²) in [4.78, 5) is 17.8. The number of phenols is 1. The van der Waals surface area contributed by atoms with E-state index in [0.717, 1.165) is 68.7 Å². The van der Waals surface area contributed by atoms with Crippen molar-refractivity contribution in [2.45, 2.75) is 31.7 Å². The standard InChI is InChI=1S/C25H32N2O5.ClH/c1-30-23-15-18-10-13-27(25(29)22(18)16-24(23)31-2)19-5-3-11-26(17-19)12-4-14-32-21-8-6-20(28)7-9-21;/h6-9,15-16,19,28H,3-5,10-14,17H2,1-2H3;1H. The molecule has 8 heteroatoms. The first-order valence-corrected chi connectivity index (χ1v) is 11.3. The van der Waals surface area contributed by atoms with Gasteiger partial charge in [-0.05, 0) is 74.2 Å². The molecular weight excluding hydrogens is 444 g/mol. The smallest absolute Gasteiger partial charge is 0.254 e. The van der Waals surface area contributed by atoms with Crippen LogP contribution in [0.5, 0.6) is 23.0 Å². The molecule has 180 valence electrons. The van der Waals surface area contributed by atoms with Gasteiger partial charge in [-0.1, -0.05) is 0 Å². The van der Waals surface area contributed by atoms with Gasteiger partial charge in [0.1, 0.15) is 11.5 Å². The molecule has 2 heterocycles. The number of carbonyl (C=O) groups is 1. The number of nitrogens with zero attached hydrogens (tertiary/aromatic N) is 2. The second-order valence-corrected chi connectivity index (χ2v) is 8.41. The molecule has 0 aromatic heterocycles. The Bertz CT molecular complexity index is 937. The molecule has 1 saturated heterocycles. The minimum Gasteiger partial charge on any atom is -0.508 e. The molecule has 1 unspecified atom stereocenters. The van der Waals surface area contributed by atoms with E-state index in [9.17, 15) is 9.90 Å². The van der Waals surface area contributed by atoms with Crippen LogP contribution in [0.3, 0.4) is 0 Å². The van der Waals surface area contributed by atoms with E-state index in [2.05, 4.69) is 4.90 Å². The number of fused-ring (bicyclic) bond motifs is 1. The fraction of sp³-hybridized carbons (Fsp3) is 0.480. The van der Waals surface area contributed by atoms with E-state index in [1.54, 1.807) is 38.5 Å². The van der Waals surface area contributed by atoms with Crippen LogP contribution in [0.15, 0.2) is 36.4 Å². The fourth-order valence-corrected chi connectivity index (χ4v) is 4.68. The number of ether oxygens (including phenoxy) is 3. The van der Waals surface area contributed by atoms with Crippen LogP contribution in [-0.2, 0) is 6.42 Å². The summed E-state index contributed by atoms with van der Waals surface area (Å²) in [6.45, 7) is 4.26. The highest BCUT2D eigenvalue weighted by atomic mass is 35.5. The van der Waals surface area contributed by atoms with Crippen LogP contribution in [0, 0.1) is 0 Å². The number of phenolic OH excluding ortho intramolecular Hbond substituents is 1. The van der Waals surface area contributed by atoms with E-state index in [1.165, 1.54) is 0 Å². The van der Waals surface area contributed by atoms with Crippen LogP contribution in [0.2, 0.25) is 0 Å².